The highest BCUT2D eigenvalue weighted by Crippen LogP contribution is 2.39. The van der Waals surface area contributed by atoms with E-state index in [1.807, 2.05) is 66.2 Å². The summed E-state index contributed by atoms with van der Waals surface area (Å²) >= 11 is 0. The maximum Gasteiger partial charge on any atom is 0.251 e. The molecule has 0 aliphatic carbocycles. The lowest BCUT2D eigenvalue weighted by Crippen LogP contribution is -2.24. The van der Waals surface area contributed by atoms with E-state index in [0.29, 0.717) is 36.0 Å². The van der Waals surface area contributed by atoms with E-state index in [2.05, 4.69) is 10.3 Å². The molecule has 0 spiro atoms. The Morgan fingerprint density at radius 3 is 2.28 bits per heavy atom. The number of carbonyl (C=O) groups excluding carboxylic acids is 1. The number of carbonyl (C=O) groups is 1. The molecule has 1 N–H and O–H groups in total. The van der Waals surface area contributed by atoms with Crippen molar-refractivity contribution in [1.29, 1.82) is 0 Å². The molecule has 0 fully saturated rings. The van der Waals surface area contributed by atoms with Crippen LogP contribution in [0, 0.1) is 0 Å². The highest BCUT2D eigenvalue weighted by molar-refractivity contribution is 5.95. The van der Waals surface area contributed by atoms with E-state index in [0.717, 1.165) is 22.4 Å². The second kappa shape index (κ2) is 9.43. The highest BCUT2D eigenvalue weighted by atomic mass is 16.5. The van der Waals surface area contributed by atoms with Gasteiger partial charge in [0.25, 0.3) is 5.91 Å². The lowest BCUT2D eigenvalue weighted by atomic mass is 10.1. The average molecular weight is 431 g/mol. The van der Waals surface area contributed by atoms with Crippen LogP contribution in [-0.2, 0) is 20.2 Å². The quantitative estimate of drug-likeness (QED) is 0.455. The molecule has 0 bridgehead atoms. The molecule has 164 valence electrons. The molecule has 0 saturated heterocycles. The SMILES string of the molecule is COc1cc(C(=O)NCc2nc3ccccc3n2C)cc(OC)c1OCc1ccccc1. The third-order valence-electron chi connectivity index (χ3n) is 5.24. The van der Waals surface area contributed by atoms with Gasteiger partial charge in [-0.25, -0.2) is 4.98 Å². The van der Waals surface area contributed by atoms with Crippen molar-refractivity contribution >= 4 is 16.9 Å². The molecular formula is C25H25N3O4. The number of amides is 1. The largest absolute Gasteiger partial charge is 0.493 e. The Morgan fingerprint density at radius 1 is 0.969 bits per heavy atom. The van der Waals surface area contributed by atoms with Crippen LogP contribution < -0.4 is 19.5 Å². The van der Waals surface area contributed by atoms with Crippen LogP contribution in [0.1, 0.15) is 21.7 Å². The minimum atomic E-state index is -0.261. The number of hydrogen-bond acceptors (Lipinski definition) is 5. The lowest BCUT2D eigenvalue weighted by Gasteiger charge is -2.16. The summed E-state index contributed by atoms with van der Waals surface area (Å²) in [6, 6.07) is 20.9. The van der Waals surface area contributed by atoms with Gasteiger partial charge in [-0.15, -0.1) is 0 Å². The fourth-order valence-corrected chi connectivity index (χ4v) is 3.50. The zero-order valence-corrected chi connectivity index (χ0v) is 18.3. The number of nitrogens with one attached hydrogen (secondary N) is 1. The topological polar surface area (TPSA) is 74.6 Å². The second-order valence-corrected chi connectivity index (χ2v) is 7.24. The Kier molecular flexibility index (Phi) is 6.26. The van der Waals surface area contributed by atoms with Crippen molar-refractivity contribution in [2.24, 2.45) is 7.05 Å². The van der Waals surface area contributed by atoms with E-state index in [1.54, 1.807) is 12.1 Å². The molecule has 0 aliphatic rings. The number of aromatic nitrogens is 2. The first-order chi connectivity index (χ1) is 15.6. The minimum Gasteiger partial charge on any atom is -0.493 e. The van der Waals surface area contributed by atoms with Crippen molar-refractivity contribution in [1.82, 2.24) is 14.9 Å². The predicted octanol–water partition coefficient (Wildman–Crippen LogP) is 4.10. The Hall–Kier alpha value is -4.00. The molecule has 1 aromatic heterocycles. The summed E-state index contributed by atoms with van der Waals surface area (Å²) in [5.41, 5.74) is 3.33. The Morgan fingerprint density at radius 2 is 1.62 bits per heavy atom. The van der Waals surface area contributed by atoms with Gasteiger partial charge in [-0.1, -0.05) is 42.5 Å². The molecule has 0 saturated carbocycles. The van der Waals surface area contributed by atoms with E-state index in [4.69, 9.17) is 14.2 Å². The highest BCUT2D eigenvalue weighted by Gasteiger charge is 2.18. The summed E-state index contributed by atoms with van der Waals surface area (Å²) < 4.78 is 18.9. The van der Waals surface area contributed by atoms with Crippen LogP contribution in [0.4, 0.5) is 0 Å². The van der Waals surface area contributed by atoms with E-state index < -0.39 is 0 Å². The summed E-state index contributed by atoms with van der Waals surface area (Å²) in [6.07, 6.45) is 0. The second-order valence-electron chi connectivity index (χ2n) is 7.24. The van der Waals surface area contributed by atoms with Crippen molar-refractivity contribution in [3.05, 3.63) is 83.7 Å². The van der Waals surface area contributed by atoms with Gasteiger partial charge in [0, 0.05) is 12.6 Å². The van der Waals surface area contributed by atoms with Crippen molar-refractivity contribution in [2.75, 3.05) is 14.2 Å². The maximum absolute atomic E-state index is 12.9. The molecule has 0 unspecified atom stereocenters. The summed E-state index contributed by atoms with van der Waals surface area (Å²) in [7, 11) is 5.00. The third kappa shape index (κ3) is 4.37. The number of rotatable bonds is 8. The molecule has 0 radical (unpaired) electrons. The van der Waals surface area contributed by atoms with E-state index >= 15 is 0 Å². The molecule has 32 heavy (non-hydrogen) atoms. The predicted molar refractivity (Wildman–Crippen MR) is 122 cm³/mol. The lowest BCUT2D eigenvalue weighted by molar-refractivity contribution is 0.0948. The number of fused-ring (bicyclic) bond motifs is 1. The standard InChI is InChI=1S/C25H25N3O4/c1-28-20-12-8-7-11-19(20)27-23(28)15-26-25(29)18-13-21(30-2)24(22(14-18)31-3)32-16-17-9-5-4-6-10-17/h4-14H,15-16H2,1-3H3,(H,26,29). The number of benzene rings is 3. The van der Waals surface area contributed by atoms with Crippen LogP contribution in [0.5, 0.6) is 17.2 Å². The van der Waals surface area contributed by atoms with Crippen LogP contribution in [-0.4, -0.2) is 29.7 Å². The summed E-state index contributed by atoms with van der Waals surface area (Å²) in [4.78, 5) is 17.5. The zero-order chi connectivity index (χ0) is 22.5. The van der Waals surface area contributed by atoms with Gasteiger partial charge >= 0.3 is 0 Å². The van der Waals surface area contributed by atoms with Crippen molar-refractivity contribution in [3.8, 4) is 17.2 Å². The zero-order valence-electron chi connectivity index (χ0n) is 18.3. The molecular weight excluding hydrogens is 406 g/mol. The first kappa shape index (κ1) is 21.2. The summed E-state index contributed by atoms with van der Waals surface area (Å²) in [5.74, 6) is 1.80. The van der Waals surface area contributed by atoms with Crippen LogP contribution in [0.25, 0.3) is 11.0 Å². The fourth-order valence-electron chi connectivity index (χ4n) is 3.50. The van der Waals surface area contributed by atoms with Crippen molar-refractivity contribution in [2.45, 2.75) is 13.2 Å². The van der Waals surface area contributed by atoms with Gasteiger partial charge in [0.1, 0.15) is 12.4 Å². The monoisotopic (exact) mass is 431 g/mol. The minimum absolute atomic E-state index is 0.261. The van der Waals surface area contributed by atoms with Crippen molar-refractivity contribution in [3.63, 3.8) is 0 Å². The number of aryl methyl sites for hydroxylation is 1. The van der Waals surface area contributed by atoms with Crippen LogP contribution in [0.2, 0.25) is 0 Å². The molecule has 1 heterocycles. The number of hydrogen-bond donors (Lipinski definition) is 1. The van der Waals surface area contributed by atoms with Gasteiger partial charge in [-0.3, -0.25) is 4.79 Å². The van der Waals surface area contributed by atoms with E-state index in [-0.39, 0.29) is 5.91 Å². The molecule has 7 nitrogen and oxygen atoms in total. The van der Waals surface area contributed by atoms with Gasteiger partial charge in [0.05, 0.1) is 31.8 Å². The molecule has 1 amide bonds. The first-order valence-corrected chi connectivity index (χ1v) is 10.2. The molecule has 0 aliphatic heterocycles. The van der Waals surface area contributed by atoms with E-state index in [9.17, 15) is 4.79 Å². The number of para-hydroxylation sites is 2. The van der Waals surface area contributed by atoms with Crippen LogP contribution >= 0.6 is 0 Å². The normalized spacial score (nSPS) is 10.7. The van der Waals surface area contributed by atoms with Gasteiger partial charge in [0.2, 0.25) is 5.75 Å². The summed E-state index contributed by atoms with van der Waals surface area (Å²) in [6.45, 7) is 0.646. The molecule has 4 rings (SSSR count). The van der Waals surface area contributed by atoms with Crippen molar-refractivity contribution < 1.29 is 19.0 Å². The fraction of sp³-hybridized carbons (Fsp3) is 0.200. The molecule has 3 aromatic carbocycles. The van der Waals surface area contributed by atoms with Crippen LogP contribution in [0.3, 0.4) is 0 Å². The molecule has 0 atom stereocenters. The Labute approximate surface area is 186 Å². The van der Waals surface area contributed by atoms with Gasteiger partial charge in [-0.05, 0) is 29.8 Å². The number of ether oxygens (including phenoxy) is 3. The van der Waals surface area contributed by atoms with Gasteiger partial charge < -0.3 is 24.1 Å². The number of methoxy groups -OCH3 is 2. The van der Waals surface area contributed by atoms with E-state index in [1.165, 1.54) is 14.2 Å². The smallest absolute Gasteiger partial charge is 0.251 e. The Balaban J connectivity index is 1.52. The summed E-state index contributed by atoms with van der Waals surface area (Å²) in [5, 5.41) is 2.92. The molecule has 4 aromatic rings. The average Bonchev–Trinajstić information content (AvgIpc) is 3.16. The number of nitrogens with zero attached hydrogens (tertiary/aromatic N) is 2. The van der Waals surface area contributed by atoms with Gasteiger partial charge in [0.15, 0.2) is 11.5 Å². The van der Waals surface area contributed by atoms with Crippen LogP contribution in [0.15, 0.2) is 66.7 Å². The van der Waals surface area contributed by atoms with Gasteiger partial charge in [-0.2, -0.15) is 0 Å². The number of imidazole rings is 1. The Bertz CT molecular complexity index is 1210. The molecule has 7 heteroatoms. The maximum atomic E-state index is 12.9. The third-order valence-corrected chi connectivity index (χ3v) is 5.24. The first-order valence-electron chi connectivity index (χ1n) is 10.2.